The lowest BCUT2D eigenvalue weighted by molar-refractivity contribution is -0.115. The third kappa shape index (κ3) is 5.93. The van der Waals surface area contributed by atoms with Gasteiger partial charge in [0.1, 0.15) is 6.33 Å². The van der Waals surface area contributed by atoms with E-state index in [1.165, 1.54) is 12.8 Å². The van der Waals surface area contributed by atoms with Crippen molar-refractivity contribution in [3.05, 3.63) is 40.6 Å². The summed E-state index contributed by atoms with van der Waals surface area (Å²) in [4.78, 5) is 15.9. The first-order valence-electron chi connectivity index (χ1n) is 7.33. The van der Waals surface area contributed by atoms with Crippen molar-refractivity contribution in [1.82, 2.24) is 20.1 Å². The van der Waals surface area contributed by atoms with Gasteiger partial charge in [-0.05, 0) is 43.0 Å². The number of carbonyl (C=O) groups is 1. The number of halogens is 2. The van der Waals surface area contributed by atoms with Crippen LogP contribution in [-0.2, 0) is 11.3 Å². The van der Waals surface area contributed by atoms with Crippen molar-refractivity contribution >= 4 is 40.2 Å². The van der Waals surface area contributed by atoms with Crippen LogP contribution in [0.1, 0.15) is 18.4 Å². The summed E-state index contributed by atoms with van der Waals surface area (Å²) < 4.78 is 2.73. The Morgan fingerprint density at radius 3 is 2.96 bits per heavy atom. The molecule has 0 radical (unpaired) electrons. The van der Waals surface area contributed by atoms with Crippen LogP contribution in [-0.4, -0.2) is 33.8 Å². The Morgan fingerprint density at radius 2 is 2.22 bits per heavy atom. The molecule has 0 unspecified atom stereocenters. The zero-order valence-electron chi connectivity index (χ0n) is 12.5. The van der Waals surface area contributed by atoms with E-state index in [1.807, 2.05) is 24.3 Å². The maximum absolute atomic E-state index is 11.8. The molecule has 1 aromatic heterocycles. The van der Waals surface area contributed by atoms with E-state index in [1.54, 1.807) is 11.0 Å². The van der Waals surface area contributed by atoms with Gasteiger partial charge in [-0.25, -0.2) is 9.67 Å². The first-order chi connectivity index (χ1) is 10.7. The number of benzene rings is 1. The molecule has 0 aliphatic heterocycles. The van der Waals surface area contributed by atoms with Gasteiger partial charge in [-0.2, -0.15) is 0 Å². The highest BCUT2D eigenvalue weighted by molar-refractivity contribution is 9.10. The normalized spacial score (nSPS) is 13.4. The fourth-order valence-corrected chi connectivity index (χ4v) is 2.58. The van der Waals surface area contributed by atoms with Gasteiger partial charge in [0.05, 0.1) is 13.1 Å². The fraction of sp³-hybridized carbons (Fsp3) is 0.400. The summed E-state index contributed by atoms with van der Waals surface area (Å²) in [6.45, 7) is 1.83. The quantitative estimate of drug-likeness (QED) is 0.749. The van der Waals surface area contributed by atoms with Gasteiger partial charge in [0.15, 0.2) is 0 Å². The molecule has 2 N–H and O–H groups in total. The number of carbonyl (C=O) groups excluding carboxylic acids is 1. The third-order valence-electron chi connectivity index (χ3n) is 3.44. The molecule has 8 heteroatoms. The Kier molecular flexibility index (Phi) is 6.56. The minimum absolute atomic E-state index is 0. The largest absolute Gasteiger partial charge is 0.308 e. The summed E-state index contributed by atoms with van der Waals surface area (Å²) in [5.74, 6) is 0.990. The number of nitrogens with one attached hydrogen (secondary N) is 2. The summed E-state index contributed by atoms with van der Waals surface area (Å²) in [5.41, 5.74) is 1.11. The molecule has 0 bridgehead atoms. The van der Waals surface area contributed by atoms with E-state index < -0.39 is 0 Å². The van der Waals surface area contributed by atoms with Crippen LogP contribution < -0.4 is 10.6 Å². The monoisotopic (exact) mass is 399 g/mol. The molecule has 124 valence electrons. The zero-order chi connectivity index (χ0) is 15.4. The van der Waals surface area contributed by atoms with Crippen LogP contribution in [0.4, 0.5) is 5.95 Å². The van der Waals surface area contributed by atoms with Gasteiger partial charge >= 0.3 is 0 Å². The molecule has 1 fully saturated rings. The van der Waals surface area contributed by atoms with Crippen molar-refractivity contribution in [3.63, 3.8) is 0 Å². The van der Waals surface area contributed by atoms with Crippen molar-refractivity contribution in [3.8, 4) is 0 Å². The molecule has 23 heavy (non-hydrogen) atoms. The van der Waals surface area contributed by atoms with Gasteiger partial charge in [-0.15, -0.1) is 17.5 Å². The Morgan fingerprint density at radius 1 is 1.39 bits per heavy atom. The van der Waals surface area contributed by atoms with Gasteiger partial charge in [0.25, 0.3) is 0 Å². The molecular weight excluding hydrogens is 382 g/mol. The molecule has 6 nitrogen and oxygen atoms in total. The average Bonchev–Trinajstić information content (AvgIpc) is 3.20. The van der Waals surface area contributed by atoms with Crippen LogP contribution in [0.2, 0.25) is 0 Å². The SMILES string of the molecule is Cl.O=C(CNCC1CC1)Nc1ncn(Cc2cccc(Br)c2)n1. The highest BCUT2D eigenvalue weighted by Gasteiger charge is 2.20. The minimum Gasteiger partial charge on any atom is -0.308 e. The molecule has 0 spiro atoms. The molecule has 1 amide bonds. The third-order valence-corrected chi connectivity index (χ3v) is 3.93. The van der Waals surface area contributed by atoms with Gasteiger partial charge in [0, 0.05) is 4.47 Å². The molecule has 3 rings (SSSR count). The summed E-state index contributed by atoms with van der Waals surface area (Å²) in [6, 6.07) is 8.00. The van der Waals surface area contributed by atoms with Crippen LogP contribution in [0.5, 0.6) is 0 Å². The Balaban J connectivity index is 0.00000192. The second kappa shape index (κ2) is 8.42. The molecule has 0 saturated heterocycles. The lowest BCUT2D eigenvalue weighted by Crippen LogP contribution is -2.29. The number of anilines is 1. The molecule has 1 heterocycles. The Labute approximate surface area is 149 Å². The average molecular weight is 401 g/mol. The number of rotatable bonds is 7. The Bertz CT molecular complexity index is 659. The van der Waals surface area contributed by atoms with Gasteiger partial charge in [0.2, 0.25) is 11.9 Å². The minimum atomic E-state index is -0.110. The van der Waals surface area contributed by atoms with Crippen LogP contribution in [0.15, 0.2) is 35.1 Å². The Hall–Kier alpha value is -1.44. The molecular formula is C15H19BrClN5O. The van der Waals surface area contributed by atoms with E-state index in [0.29, 0.717) is 19.0 Å². The highest BCUT2D eigenvalue weighted by Crippen LogP contribution is 2.27. The van der Waals surface area contributed by atoms with Crippen LogP contribution in [0.25, 0.3) is 0 Å². The molecule has 1 saturated carbocycles. The van der Waals surface area contributed by atoms with Crippen molar-refractivity contribution in [2.75, 3.05) is 18.4 Å². The van der Waals surface area contributed by atoms with Crippen LogP contribution in [0.3, 0.4) is 0 Å². The summed E-state index contributed by atoms with van der Waals surface area (Å²) >= 11 is 3.44. The maximum atomic E-state index is 11.8. The van der Waals surface area contributed by atoms with Gasteiger partial charge in [-0.3, -0.25) is 10.1 Å². The molecule has 2 aromatic rings. The van der Waals surface area contributed by atoms with E-state index in [0.717, 1.165) is 22.5 Å². The number of hydrogen-bond donors (Lipinski definition) is 2. The van der Waals surface area contributed by atoms with E-state index in [9.17, 15) is 4.79 Å². The number of nitrogens with zero attached hydrogens (tertiary/aromatic N) is 3. The van der Waals surface area contributed by atoms with Crippen molar-refractivity contribution in [2.45, 2.75) is 19.4 Å². The van der Waals surface area contributed by atoms with Crippen molar-refractivity contribution in [1.29, 1.82) is 0 Å². The van der Waals surface area contributed by atoms with Crippen LogP contribution in [0, 0.1) is 5.92 Å². The number of hydrogen-bond acceptors (Lipinski definition) is 4. The molecule has 1 aromatic carbocycles. The summed E-state index contributed by atoms with van der Waals surface area (Å²) in [5, 5.41) is 10.1. The predicted molar refractivity (Wildman–Crippen MR) is 94.7 cm³/mol. The van der Waals surface area contributed by atoms with E-state index >= 15 is 0 Å². The first-order valence-corrected chi connectivity index (χ1v) is 8.13. The molecule has 0 atom stereocenters. The standard InChI is InChI=1S/C15H18BrN5O.ClH/c16-13-3-1-2-12(6-13)9-21-10-18-15(20-21)19-14(22)8-17-7-11-4-5-11;/h1-3,6,10-11,17H,4-5,7-9H2,(H,19,20,22);1H. The second-order valence-corrected chi connectivity index (χ2v) is 6.43. The maximum Gasteiger partial charge on any atom is 0.248 e. The zero-order valence-corrected chi connectivity index (χ0v) is 14.9. The predicted octanol–water partition coefficient (Wildman–Crippen LogP) is 2.45. The number of amides is 1. The van der Waals surface area contributed by atoms with Crippen molar-refractivity contribution in [2.24, 2.45) is 5.92 Å². The number of aromatic nitrogens is 3. The summed E-state index contributed by atoms with van der Waals surface area (Å²) in [6.07, 6.45) is 4.17. The van der Waals surface area contributed by atoms with Crippen molar-refractivity contribution < 1.29 is 4.79 Å². The smallest absolute Gasteiger partial charge is 0.248 e. The highest BCUT2D eigenvalue weighted by atomic mass is 79.9. The van der Waals surface area contributed by atoms with E-state index in [4.69, 9.17) is 0 Å². The lowest BCUT2D eigenvalue weighted by atomic mass is 10.2. The summed E-state index contributed by atoms with van der Waals surface area (Å²) in [7, 11) is 0. The van der Waals surface area contributed by atoms with Gasteiger partial charge < -0.3 is 5.32 Å². The van der Waals surface area contributed by atoms with E-state index in [2.05, 4.69) is 36.6 Å². The molecule has 1 aliphatic rings. The van der Waals surface area contributed by atoms with Crippen LogP contribution >= 0.6 is 28.3 Å². The second-order valence-electron chi connectivity index (χ2n) is 5.52. The van der Waals surface area contributed by atoms with E-state index in [-0.39, 0.29) is 18.3 Å². The van der Waals surface area contributed by atoms with Gasteiger partial charge in [-0.1, -0.05) is 28.1 Å². The first kappa shape index (κ1) is 17.9. The fourth-order valence-electron chi connectivity index (χ4n) is 2.13. The lowest BCUT2D eigenvalue weighted by Gasteiger charge is -2.03. The topological polar surface area (TPSA) is 71.8 Å². The molecule has 1 aliphatic carbocycles.